The Morgan fingerprint density at radius 2 is 1.83 bits per heavy atom. The van der Waals surface area contributed by atoms with E-state index < -0.39 is 0 Å². The van der Waals surface area contributed by atoms with Gasteiger partial charge in [0.2, 0.25) is 5.95 Å². The Labute approximate surface area is 211 Å². The van der Waals surface area contributed by atoms with Crippen LogP contribution in [0.5, 0.6) is 11.6 Å². The minimum absolute atomic E-state index is 0.0666. The van der Waals surface area contributed by atoms with Crippen LogP contribution in [0.15, 0.2) is 52.7 Å². The van der Waals surface area contributed by atoms with Gasteiger partial charge in [-0.2, -0.15) is 10.1 Å². The zero-order valence-electron chi connectivity index (χ0n) is 21.4. The van der Waals surface area contributed by atoms with Crippen molar-refractivity contribution in [1.29, 1.82) is 0 Å². The Morgan fingerprint density at radius 1 is 1.06 bits per heavy atom. The van der Waals surface area contributed by atoms with Gasteiger partial charge in [-0.25, -0.2) is 4.98 Å². The highest BCUT2D eigenvalue weighted by Crippen LogP contribution is 2.43. The molecular formula is C28H31N5O3. The van der Waals surface area contributed by atoms with Crippen molar-refractivity contribution < 1.29 is 14.3 Å². The summed E-state index contributed by atoms with van der Waals surface area (Å²) >= 11 is 0. The number of morpholine rings is 1. The van der Waals surface area contributed by atoms with Gasteiger partial charge in [-0.1, -0.05) is 35.9 Å². The number of aromatic nitrogens is 2. The molecule has 1 saturated heterocycles. The van der Waals surface area contributed by atoms with Crippen LogP contribution in [0.3, 0.4) is 0 Å². The number of ether oxygens (including phenoxy) is 2. The van der Waals surface area contributed by atoms with Gasteiger partial charge in [0.05, 0.1) is 12.2 Å². The quantitative estimate of drug-likeness (QED) is 0.393. The Morgan fingerprint density at radius 3 is 2.58 bits per heavy atom. The smallest absolute Gasteiger partial charge is 0.252 e. The highest BCUT2D eigenvalue weighted by molar-refractivity contribution is 5.97. The van der Waals surface area contributed by atoms with E-state index in [-0.39, 0.29) is 30.5 Å². The lowest BCUT2D eigenvalue weighted by molar-refractivity contribution is -0.00575. The number of nitrogens with zero attached hydrogens (tertiary/aromatic N) is 5. The Hall–Kier alpha value is -3.65. The van der Waals surface area contributed by atoms with Gasteiger partial charge in [0.15, 0.2) is 11.5 Å². The molecule has 0 saturated carbocycles. The van der Waals surface area contributed by atoms with Crippen LogP contribution in [-0.4, -0.2) is 41.0 Å². The largest absolute Gasteiger partial charge is 0.437 e. The van der Waals surface area contributed by atoms with Crippen molar-refractivity contribution in [3.05, 3.63) is 70.4 Å². The number of aryl methyl sites for hydroxylation is 2. The van der Waals surface area contributed by atoms with E-state index in [2.05, 4.69) is 15.1 Å². The molecule has 3 aromatic rings. The van der Waals surface area contributed by atoms with Crippen LogP contribution in [0.25, 0.3) is 0 Å². The molecule has 0 aliphatic carbocycles. The molecule has 2 aromatic carbocycles. The van der Waals surface area contributed by atoms with Gasteiger partial charge in [0.25, 0.3) is 5.88 Å². The molecule has 8 heteroatoms. The molecule has 3 atom stereocenters. The summed E-state index contributed by atoms with van der Waals surface area (Å²) < 4.78 is 12.2. The first-order chi connectivity index (χ1) is 17.3. The third-order valence-corrected chi connectivity index (χ3v) is 6.46. The van der Waals surface area contributed by atoms with Crippen LogP contribution in [0, 0.1) is 13.8 Å². The van der Waals surface area contributed by atoms with Crippen molar-refractivity contribution in [2.45, 2.75) is 59.3 Å². The van der Waals surface area contributed by atoms with E-state index in [0.717, 1.165) is 22.4 Å². The maximum absolute atomic E-state index is 12.9. The number of Topliss-reactive ketones (excluding diaryl/α,β-unsaturated/α-hetero) is 1. The lowest BCUT2D eigenvalue weighted by Gasteiger charge is -2.35. The second-order valence-corrected chi connectivity index (χ2v) is 9.79. The number of benzene rings is 2. The number of azo groups is 1. The summed E-state index contributed by atoms with van der Waals surface area (Å²) in [6.45, 7) is 11.4. The Balaban J connectivity index is 1.44. The van der Waals surface area contributed by atoms with Crippen molar-refractivity contribution in [3.63, 3.8) is 0 Å². The molecule has 3 heterocycles. The van der Waals surface area contributed by atoms with E-state index in [1.165, 1.54) is 0 Å². The summed E-state index contributed by atoms with van der Waals surface area (Å²) in [4.78, 5) is 24.6. The molecule has 186 valence electrons. The highest BCUT2D eigenvalue weighted by Gasteiger charge is 2.30. The molecular weight excluding hydrogens is 454 g/mol. The number of carbonyl (C=O) groups is 1. The summed E-state index contributed by atoms with van der Waals surface area (Å²) in [5.41, 5.74) is 4.90. The number of carbonyl (C=O) groups excluding carboxylic acids is 1. The number of fused-ring (bicyclic) bond motifs is 1. The van der Waals surface area contributed by atoms with Crippen LogP contribution in [-0.2, 0) is 11.2 Å². The predicted molar refractivity (Wildman–Crippen MR) is 138 cm³/mol. The molecule has 5 rings (SSSR count). The minimum atomic E-state index is -0.167. The summed E-state index contributed by atoms with van der Waals surface area (Å²) in [6.07, 6.45) is 0.436. The van der Waals surface area contributed by atoms with Gasteiger partial charge >= 0.3 is 0 Å². The fourth-order valence-corrected chi connectivity index (χ4v) is 4.65. The maximum atomic E-state index is 12.9. The zero-order chi connectivity index (χ0) is 25.4. The predicted octanol–water partition coefficient (Wildman–Crippen LogP) is 6.08. The molecule has 2 aliphatic heterocycles. The molecule has 8 nitrogen and oxygen atoms in total. The molecule has 0 bridgehead atoms. The van der Waals surface area contributed by atoms with Crippen LogP contribution < -0.4 is 9.64 Å². The van der Waals surface area contributed by atoms with Gasteiger partial charge in [0, 0.05) is 25.1 Å². The first-order valence-corrected chi connectivity index (χ1v) is 12.4. The van der Waals surface area contributed by atoms with Gasteiger partial charge in [-0.05, 0) is 57.9 Å². The molecule has 3 unspecified atom stereocenters. The van der Waals surface area contributed by atoms with E-state index in [0.29, 0.717) is 41.9 Å². The molecule has 0 amide bonds. The van der Waals surface area contributed by atoms with E-state index >= 15 is 0 Å². The van der Waals surface area contributed by atoms with E-state index in [1.54, 1.807) is 0 Å². The number of ketones is 1. The standard InChI is InChI=1S/C28H31N5O3/c1-16-7-6-8-22(11-16)23(34)12-21-10-9-17(2)24(13-21)36-27-26-25(20(5)31-32-26)29-28(30-27)33-14-18(3)35-19(4)15-33/h6-11,13,18-20H,12,14-15H2,1-5H3. The van der Waals surface area contributed by atoms with Gasteiger partial charge in [-0.3, -0.25) is 4.79 Å². The summed E-state index contributed by atoms with van der Waals surface area (Å²) in [6, 6.07) is 13.3. The molecule has 1 aromatic heterocycles. The lowest BCUT2D eigenvalue weighted by atomic mass is 10.0. The SMILES string of the molecule is Cc1cccc(C(=O)Cc2ccc(C)c(Oc3nc(N4CC(C)OC(C)C4)nc4c3N=NC4C)c2)c1. The van der Waals surface area contributed by atoms with E-state index in [1.807, 2.05) is 77.1 Å². The average molecular weight is 486 g/mol. The topological polar surface area (TPSA) is 89.3 Å². The third-order valence-electron chi connectivity index (χ3n) is 6.46. The summed E-state index contributed by atoms with van der Waals surface area (Å²) in [7, 11) is 0. The van der Waals surface area contributed by atoms with Crippen LogP contribution in [0.1, 0.15) is 59.6 Å². The molecule has 36 heavy (non-hydrogen) atoms. The first kappa shape index (κ1) is 24.1. The molecule has 0 N–H and O–H groups in total. The van der Waals surface area contributed by atoms with Crippen LogP contribution in [0.4, 0.5) is 11.6 Å². The first-order valence-electron chi connectivity index (χ1n) is 12.4. The second kappa shape index (κ2) is 9.78. The zero-order valence-corrected chi connectivity index (χ0v) is 21.4. The van der Waals surface area contributed by atoms with E-state index in [9.17, 15) is 4.79 Å². The molecule has 1 fully saturated rings. The third kappa shape index (κ3) is 4.99. The van der Waals surface area contributed by atoms with E-state index in [4.69, 9.17) is 19.4 Å². The number of hydrogen-bond acceptors (Lipinski definition) is 8. The van der Waals surface area contributed by atoms with Gasteiger partial charge in [-0.15, -0.1) is 5.11 Å². The molecule has 0 radical (unpaired) electrons. The average Bonchev–Trinajstić information content (AvgIpc) is 3.21. The van der Waals surface area contributed by atoms with Crippen molar-refractivity contribution in [2.75, 3.05) is 18.0 Å². The number of hydrogen-bond donors (Lipinski definition) is 0. The number of anilines is 1. The molecule has 0 spiro atoms. The maximum Gasteiger partial charge on any atom is 0.252 e. The van der Waals surface area contributed by atoms with Gasteiger partial charge in [0.1, 0.15) is 17.5 Å². The fraction of sp³-hybridized carbons (Fsp3) is 0.393. The Kier molecular flexibility index (Phi) is 6.53. The summed E-state index contributed by atoms with van der Waals surface area (Å²) in [5, 5.41) is 8.62. The van der Waals surface area contributed by atoms with Crippen molar-refractivity contribution >= 4 is 17.4 Å². The Bertz CT molecular complexity index is 1330. The normalized spacial score (nSPS) is 20.9. The number of rotatable bonds is 6. The van der Waals surface area contributed by atoms with Crippen LogP contribution in [0.2, 0.25) is 0 Å². The second-order valence-electron chi connectivity index (χ2n) is 9.79. The monoisotopic (exact) mass is 485 g/mol. The van der Waals surface area contributed by atoms with Crippen molar-refractivity contribution in [2.24, 2.45) is 10.2 Å². The van der Waals surface area contributed by atoms with Crippen molar-refractivity contribution in [3.8, 4) is 11.6 Å². The molecule has 2 aliphatic rings. The highest BCUT2D eigenvalue weighted by atomic mass is 16.5. The summed E-state index contributed by atoms with van der Waals surface area (Å²) in [5.74, 6) is 1.67. The fourth-order valence-electron chi connectivity index (χ4n) is 4.65. The lowest BCUT2D eigenvalue weighted by Crippen LogP contribution is -2.46. The minimum Gasteiger partial charge on any atom is -0.437 e. The van der Waals surface area contributed by atoms with Crippen molar-refractivity contribution in [1.82, 2.24) is 9.97 Å². The van der Waals surface area contributed by atoms with Crippen LogP contribution >= 0.6 is 0 Å². The van der Waals surface area contributed by atoms with Gasteiger partial charge < -0.3 is 14.4 Å².